The zero-order valence-corrected chi connectivity index (χ0v) is 11.8. The molecular formula is C14H29NO2. The van der Waals surface area contributed by atoms with E-state index in [1.54, 1.807) is 0 Å². The van der Waals surface area contributed by atoms with Crippen LogP contribution in [0.3, 0.4) is 0 Å². The minimum atomic E-state index is 0.365. The standard InChI is InChI=1S/C14H29NO2/c1-14(2,3)7-9-15-8-5-10-16-12-13-6-4-11-17-13/h13,15H,4-12H2,1-3H3. The summed E-state index contributed by atoms with van der Waals surface area (Å²) in [5.41, 5.74) is 0.434. The van der Waals surface area contributed by atoms with Gasteiger partial charge in [0.15, 0.2) is 0 Å². The molecule has 0 aromatic carbocycles. The molecular weight excluding hydrogens is 214 g/mol. The molecule has 0 aromatic rings. The Morgan fingerprint density at radius 3 is 2.76 bits per heavy atom. The van der Waals surface area contributed by atoms with Crippen molar-refractivity contribution in [3.8, 4) is 0 Å². The third kappa shape index (κ3) is 8.58. The highest BCUT2D eigenvalue weighted by molar-refractivity contribution is 4.64. The lowest BCUT2D eigenvalue weighted by Crippen LogP contribution is -2.23. The minimum absolute atomic E-state index is 0.365. The first-order valence-electron chi connectivity index (χ1n) is 6.98. The van der Waals surface area contributed by atoms with Crippen LogP contribution >= 0.6 is 0 Å². The van der Waals surface area contributed by atoms with Gasteiger partial charge in [-0.25, -0.2) is 0 Å². The van der Waals surface area contributed by atoms with Crippen molar-refractivity contribution in [3.63, 3.8) is 0 Å². The van der Waals surface area contributed by atoms with Crippen LogP contribution in [-0.2, 0) is 9.47 Å². The first-order valence-corrected chi connectivity index (χ1v) is 6.98. The van der Waals surface area contributed by atoms with Crippen molar-refractivity contribution in [2.45, 2.75) is 52.6 Å². The average Bonchev–Trinajstić information content (AvgIpc) is 2.73. The van der Waals surface area contributed by atoms with Gasteiger partial charge in [0.1, 0.15) is 0 Å². The molecule has 0 aliphatic carbocycles. The number of rotatable bonds is 8. The summed E-state index contributed by atoms with van der Waals surface area (Å²) in [7, 11) is 0. The van der Waals surface area contributed by atoms with Crippen LogP contribution in [0.25, 0.3) is 0 Å². The minimum Gasteiger partial charge on any atom is -0.379 e. The Bertz CT molecular complexity index is 183. The topological polar surface area (TPSA) is 30.5 Å². The molecule has 1 aliphatic heterocycles. The summed E-state index contributed by atoms with van der Waals surface area (Å²) in [5.74, 6) is 0. The monoisotopic (exact) mass is 243 g/mol. The van der Waals surface area contributed by atoms with Gasteiger partial charge in [-0.15, -0.1) is 0 Å². The summed E-state index contributed by atoms with van der Waals surface area (Å²) in [5, 5.41) is 3.46. The summed E-state index contributed by atoms with van der Waals surface area (Å²) in [4.78, 5) is 0. The van der Waals surface area contributed by atoms with Crippen LogP contribution in [0.5, 0.6) is 0 Å². The van der Waals surface area contributed by atoms with Crippen LogP contribution in [-0.4, -0.2) is 39.0 Å². The molecule has 0 radical (unpaired) electrons. The highest BCUT2D eigenvalue weighted by Gasteiger charge is 2.14. The number of nitrogens with one attached hydrogen (secondary N) is 1. The van der Waals surface area contributed by atoms with Crippen molar-refractivity contribution in [2.75, 3.05) is 32.9 Å². The third-order valence-electron chi connectivity index (χ3n) is 3.02. The summed E-state index contributed by atoms with van der Waals surface area (Å²) >= 11 is 0. The molecule has 0 saturated carbocycles. The number of ether oxygens (including phenoxy) is 2. The quantitative estimate of drug-likeness (QED) is 0.665. The fraction of sp³-hybridized carbons (Fsp3) is 1.00. The molecule has 1 heterocycles. The Kier molecular flexibility index (Phi) is 7.09. The number of hydrogen-bond acceptors (Lipinski definition) is 3. The van der Waals surface area contributed by atoms with Crippen molar-refractivity contribution in [1.82, 2.24) is 5.32 Å². The normalized spacial score (nSPS) is 21.0. The average molecular weight is 243 g/mol. The fourth-order valence-electron chi connectivity index (χ4n) is 1.88. The highest BCUT2D eigenvalue weighted by Crippen LogP contribution is 2.16. The Hall–Kier alpha value is -0.120. The Morgan fingerprint density at radius 2 is 2.12 bits per heavy atom. The van der Waals surface area contributed by atoms with E-state index in [9.17, 15) is 0 Å². The number of hydrogen-bond donors (Lipinski definition) is 1. The van der Waals surface area contributed by atoms with Gasteiger partial charge in [0, 0.05) is 13.2 Å². The Morgan fingerprint density at radius 1 is 1.29 bits per heavy atom. The lowest BCUT2D eigenvalue weighted by Gasteiger charge is -2.18. The molecule has 1 atom stereocenters. The largest absolute Gasteiger partial charge is 0.379 e. The molecule has 3 nitrogen and oxygen atoms in total. The summed E-state index contributed by atoms with van der Waals surface area (Å²) in [6, 6.07) is 0. The predicted octanol–water partition coefficient (Wildman–Crippen LogP) is 2.60. The van der Waals surface area contributed by atoms with Crippen LogP contribution in [0.15, 0.2) is 0 Å². The second kappa shape index (κ2) is 8.06. The van der Waals surface area contributed by atoms with Gasteiger partial charge in [-0.05, 0) is 44.2 Å². The van der Waals surface area contributed by atoms with E-state index in [1.807, 2.05) is 0 Å². The van der Waals surface area contributed by atoms with Gasteiger partial charge in [-0.2, -0.15) is 0 Å². The van der Waals surface area contributed by atoms with Crippen molar-refractivity contribution >= 4 is 0 Å². The Labute approximate surface area is 106 Å². The van der Waals surface area contributed by atoms with E-state index in [2.05, 4.69) is 26.1 Å². The van der Waals surface area contributed by atoms with E-state index >= 15 is 0 Å². The predicted molar refractivity (Wildman–Crippen MR) is 71.4 cm³/mol. The molecule has 3 heteroatoms. The maximum Gasteiger partial charge on any atom is 0.0809 e. The highest BCUT2D eigenvalue weighted by atomic mass is 16.5. The van der Waals surface area contributed by atoms with Crippen molar-refractivity contribution in [3.05, 3.63) is 0 Å². The first kappa shape index (κ1) is 14.9. The molecule has 17 heavy (non-hydrogen) atoms. The second-order valence-corrected chi connectivity index (χ2v) is 6.12. The molecule has 1 N–H and O–H groups in total. The van der Waals surface area contributed by atoms with Crippen LogP contribution < -0.4 is 5.32 Å². The summed E-state index contributed by atoms with van der Waals surface area (Å²) in [6.07, 6.45) is 5.05. The maximum absolute atomic E-state index is 5.60. The molecule has 1 rings (SSSR count). The van der Waals surface area contributed by atoms with Crippen LogP contribution in [0, 0.1) is 5.41 Å². The summed E-state index contributed by atoms with van der Waals surface area (Å²) < 4.78 is 11.1. The lowest BCUT2D eigenvalue weighted by atomic mass is 9.92. The van der Waals surface area contributed by atoms with E-state index in [-0.39, 0.29) is 0 Å². The SMILES string of the molecule is CC(C)(C)CCNCCCOCC1CCCO1. The van der Waals surface area contributed by atoms with E-state index < -0.39 is 0 Å². The molecule has 0 amide bonds. The van der Waals surface area contributed by atoms with E-state index in [1.165, 1.54) is 19.3 Å². The van der Waals surface area contributed by atoms with Crippen LogP contribution in [0.1, 0.15) is 46.5 Å². The van der Waals surface area contributed by atoms with Gasteiger partial charge >= 0.3 is 0 Å². The molecule has 0 bridgehead atoms. The third-order valence-corrected chi connectivity index (χ3v) is 3.02. The van der Waals surface area contributed by atoms with Crippen LogP contribution in [0.2, 0.25) is 0 Å². The van der Waals surface area contributed by atoms with Gasteiger partial charge in [0.05, 0.1) is 12.7 Å². The van der Waals surface area contributed by atoms with Gasteiger partial charge in [0.2, 0.25) is 0 Å². The molecule has 0 aromatic heterocycles. The molecule has 1 saturated heterocycles. The van der Waals surface area contributed by atoms with Crippen LogP contribution in [0.4, 0.5) is 0 Å². The van der Waals surface area contributed by atoms with E-state index in [0.29, 0.717) is 11.5 Å². The lowest BCUT2D eigenvalue weighted by molar-refractivity contribution is 0.0166. The molecule has 1 fully saturated rings. The van der Waals surface area contributed by atoms with Crippen molar-refractivity contribution in [2.24, 2.45) is 5.41 Å². The zero-order valence-electron chi connectivity index (χ0n) is 11.8. The summed E-state index contributed by atoms with van der Waals surface area (Å²) in [6.45, 7) is 11.5. The molecule has 102 valence electrons. The fourth-order valence-corrected chi connectivity index (χ4v) is 1.88. The van der Waals surface area contributed by atoms with E-state index in [0.717, 1.165) is 39.3 Å². The second-order valence-electron chi connectivity index (χ2n) is 6.12. The molecule has 0 spiro atoms. The zero-order chi connectivity index (χ0) is 12.6. The van der Waals surface area contributed by atoms with Gasteiger partial charge in [0.25, 0.3) is 0 Å². The smallest absolute Gasteiger partial charge is 0.0809 e. The van der Waals surface area contributed by atoms with E-state index in [4.69, 9.17) is 9.47 Å². The van der Waals surface area contributed by atoms with Gasteiger partial charge in [-0.1, -0.05) is 20.8 Å². The van der Waals surface area contributed by atoms with Crippen molar-refractivity contribution < 1.29 is 9.47 Å². The molecule has 1 unspecified atom stereocenters. The molecule has 1 aliphatic rings. The van der Waals surface area contributed by atoms with Gasteiger partial charge in [-0.3, -0.25) is 0 Å². The maximum atomic E-state index is 5.60. The van der Waals surface area contributed by atoms with Crippen molar-refractivity contribution in [1.29, 1.82) is 0 Å². The Balaban J connectivity index is 1.78. The first-order chi connectivity index (χ1) is 8.08. The van der Waals surface area contributed by atoms with Gasteiger partial charge < -0.3 is 14.8 Å².